The van der Waals surface area contributed by atoms with Crippen molar-refractivity contribution in [2.75, 3.05) is 13.2 Å². The summed E-state index contributed by atoms with van der Waals surface area (Å²) in [4.78, 5) is 11.9. The number of hydrogen-bond donors (Lipinski definition) is 1. The van der Waals surface area contributed by atoms with Crippen molar-refractivity contribution in [3.63, 3.8) is 0 Å². The lowest BCUT2D eigenvalue weighted by molar-refractivity contribution is -0.274. The van der Waals surface area contributed by atoms with Gasteiger partial charge in [-0.25, -0.2) is 0 Å². The van der Waals surface area contributed by atoms with Crippen molar-refractivity contribution in [1.82, 2.24) is 5.32 Å². The van der Waals surface area contributed by atoms with E-state index in [0.29, 0.717) is 25.2 Å². The minimum atomic E-state index is -4.70. The van der Waals surface area contributed by atoms with Crippen LogP contribution in [0.1, 0.15) is 24.9 Å². The molecule has 116 valence electrons. The van der Waals surface area contributed by atoms with Gasteiger partial charge in [0.15, 0.2) is 0 Å². The van der Waals surface area contributed by atoms with Gasteiger partial charge in [0.05, 0.1) is 18.6 Å². The van der Waals surface area contributed by atoms with Gasteiger partial charge in [-0.05, 0) is 31.0 Å². The first kappa shape index (κ1) is 15.6. The van der Waals surface area contributed by atoms with Gasteiger partial charge >= 0.3 is 6.36 Å². The number of alkyl halides is 3. The van der Waals surface area contributed by atoms with Crippen molar-refractivity contribution in [3.8, 4) is 5.75 Å². The number of nitrogens with one attached hydrogen (secondary N) is 1. The fourth-order valence-electron chi connectivity index (χ4n) is 2.11. The Kier molecular flexibility index (Phi) is 4.72. The van der Waals surface area contributed by atoms with Crippen molar-refractivity contribution in [3.05, 3.63) is 29.8 Å². The highest BCUT2D eigenvalue weighted by Crippen LogP contribution is 2.24. The minimum Gasteiger partial charge on any atom is -0.406 e. The topological polar surface area (TPSA) is 47.6 Å². The van der Waals surface area contributed by atoms with Crippen LogP contribution in [-0.4, -0.2) is 25.5 Å². The molecule has 1 aliphatic rings. The van der Waals surface area contributed by atoms with Gasteiger partial charge in [-0.2, -0.15) is 0 Å². The Labute approximate surface area is 120 Å². The number of hydrogen-bond acceptors (Lipinski definition) is 3. The Morgan fingerprint density at radius 3 is 2.57 bits per heavy atom. The van der Waals surface area contributed by atoms with Gasteiger partial charge in [-0.1, -0.05) is 12.1 Å². The lowest BCUT2D eigenvalue weighted by Gasteiger charge is -2.17. The average molecular weight is 303 g/mol. The summed E-state index contributed by atoms with van der Waals surface area (Å²) in [5.41, 5.74) is 0.705. The molecule has 0 saturated carbocycles. The first-order chi connectivity index (χ1) is 9.85. The molecule has 1 aromatic carbocycles. The third kappa shape index (κ3) is 4.63. The summed E-state index contributed by atoms with van der Waals surface area (Å²) < 4.78 is 45.1. The summed E-state index contributed by atoms with van der Waals surface area (Å²) in [6, 6.07) is 5.15. The fourth-order valence-corrected chi connectivity index (χ4v) is 2.11. The Morgan fingerprint density at radius 2 is 2.05 bits per heavy atom. The highest BCUT2D eigenvalue weighted by atomic mass is 19.4. The summed E-state index contributed by atoms with van der Waals surface area (Å²) in [7, 11) is 0. The van der Waals surface area contributed by atoms with E-state index in [-0.39, 0.29) is 23.6 Å². The zero-order chi connectivity index (χ0) is 15.5. The van der Waals surface area contributed by atoms with Gasteiger partial charge in [-0.3, -0.25) is 4.79 Å². The van der Waals surface area contributed by atoms with E-state index >= 15 is 0 Å². The second kappa shape index (κ2) is 6.34. The number of carbonyl (C=O) groups is 1. The van der Waals surface area contributed by atoms with Crippen molar-refractivity contribution < 1.29 is 27.4 Å². The molecular formula is C14H16F3NO3. The van der Waals surface area contributed by atoms with Gasteiger partial charge in [0.2, 0.25) is 5.91 Å². The molecule has 21 heavy (non-hydrogen) atoms. The summed E-state index contributed by atoms with van der Waals surface area (Å²) >= 11 is 0. The molecule has 1 heterocycles. The Hall–Kier alpha value is -1.76. The molecule has 1 fully saturated rings. The van der Waals surface area contributed by atoms with Crippen molar-refractivity contribution in [2.24, 2.45) is 5.92 Å². The summed E-state index contributed by atoms with van der Waals surface area (Å²) in [5.74, 6) is -0.537. The number of benzene rings is 1. The van der Waals surface area contributed by atoms with Crippen LogP contribution in [0.25, 0.3) is 0 Å². The predicted molar refractivity (Wildman–Crippen MR) is 68.6 cm³/mol. The SMILES string of the molecule is C[C@H](NC(=O)[C@H]1CCOC1)c1ccc(OC(F)(F)F)cc1. The highest BCUT2D eigenvalue weighted by molar-refractivity contribution is 5.79. The number of carbonyl (C=O) groups excluding carboxylic acids is 1. The molecule has 4 nitrogen and oxygen atoms in total. The average Bonchev–Trinajstić information content (AvgIpc) is 2.91. The molecule has 1 N–H and O–H groups in total. The molecule has 0 spiro atoms. The zero-order valence-electron chi connectivity index (χ0n) is 11.4. The minimum absolute atomic E-state index is 0.101. The number of halogens is 3. The van der Waals surface area contributed by atoms with E-state index < -0.39 is 6.36 Å². The number of ether oxygens (including phenoxy) is 2. The van der Waals surface area contributed by atoms with Crippen LogP contribution in [0.4, 0.5) is 13.2 Å². The van der Waals surface area contributed by atoms with Gasteiger partial charge in [-0.15, -0.1) is 13.2 Å². The first-order valence-corrected chi connectivity index (χ1v) is 6.59. The monoisotopic (exact) mass is 303 g/mol. The fraction of sp³-hybridized carbons (Fsp3) is 0.500. The Bertz CT molecular complexity index is 481. The Morgan fingerprint density at radius 1 is 1.38 bits per heavy atom. The second-order valence-corrected chi connectivity index (χ2v) is 4.91. The third-order valence-corrected chi connectivity index (χ3v) is 3.27. The molecule has 1 amide bonds. The molecule has 7 heteroatoms. The molecule has 0 aromatic heterocycles. The molecule has 0 unspecified atom stereocenters. The maximum Gasteiger partial charge on any atom is 0.573 e. The quantitative estimate of drug-likeness (QED) is 0.930. The van der Waals surface area contributed by atoms with E-state index in [4.69, 9.17) is 4.74 Å². The van der Waals surface area contributed by atoms with Crippen LogP contribution in [-0.2, 0) is 9.53 Å². The predicted octanol–water partition coefficient (Wildman–Crippen LogP) is 2.80. The van der Waals surface area contributed by atoms with Gasteiger partial charge in [0.25, 0.3) is 0 Å². The molecule has 0 bridgehead atoms. The van der Waals surface area contributed by atoms with Crippen LogP contribution in [0, 0.1) is 5.92 Å². The maximum absolute atomic E-state index is 12.1. The smallest absolute Gasteiger partial charge is 0.406 e. The standard InChI is InChI=1S/C14H16F3NO3/c1-9(18-13(19)11-6-7-20-8-11)10-2-4-12(5-3-10)21-14(15,16)17/h2-5,9,11H,6-8H2,1H3,(H,18,19)/t9-,11-/m0/s1. The Balaban J connectivity index is 1.93. The normalized spacial score (nSPS) is 20.1. The van der Waals surface area contributed by atoms with Crippen molar-refractivity contribution >= 4 is 5.91 Å². The third-order valence-electron chi connectivity index (χ3n) is 3.27. The molecule has 2 atom stereocenters. The second-order valence-electron chi connectivity index (χ2n) is 4.91. The van der Waals surface area contributed by atoms with Crippen LogP contribution >= 0.6 is 0 Å². The van der Waals surface area contributed by atoms with Crippen molar-refractivity contribution in [2.45, 2.75) is 25.7 Å². The zero-order valence-corrected chi connectivity index (χ0v) is 11.4. The van der Waals surface area contributed by atoms with Crippen LogP contribution in [0.5, 0.6) is 5.75 Å². The van der Waals surface area contributed by atoms with Gasteiger partial charge in [0, 0.05) is 6.61 Å². The van der Waals surface area contributed by atoms with E-state index in [1.54, 1.807) is 6.92 Å². The lowest BCUT2D eigenvalue weighted by atomic mass is 10.1. The maximum atomic E-state index is 12.1. The van der Waals surface area contributed by atoms with E-state index in [1.165, 1.54) is 24.3 Å². The van der Waals surface area contributed by atoms with Crippen molar-refractivity contribution in [1.29, 1.82) is 0 Å². The first-order valence-electron chi connectivity index (χ1n) is 6.59. The van der Waals surface area contributed by atoms with Crippen LogP contribution < -0.4 is 10.1 Å². The highest BCUT2D eigenvalue weighted by Gasteiger charge is 2.31. The van der Waals surface area contributed by atoms with Gasteiger partial charge < -0.3 is 14.8 Å². The largest absolute Gasteiger partial charge is 0.573 e. The molecule has 0 aliphatic carbocycles. The molecular weight excluding hydrogens is 287 g/mol. The van der Waals surface area contributed by atoms with E-state index in [2.05, 4.69) is 10.1 Å². The summed E-state index contributed by atoms with van der Waals surface area (Å²) in [6.45, 7) is 2.76. The van der Waals surface area contributed by atoms with Crippen LogP contribution in [0.3, 0.4) is 0 Å². The number of rotatable bonds is 4. The van der Waals surface area contributed by atoms with Crippen LogP contribution in [0.2, 0.25) is 0 Å². The van der Waals surface area contributed by atoms with Crippen LogP contribution in [0.15, 0.2) is 24.3 Å². The van der Waals surface area contributed by atoms with E-state index in [0.717, 1.165) is 0 Å². The molecule has 1 aromatic rings. The van der Waals surface area contributed by atoms with E-state index in [1.807, 2.05) is 0 Å². The molecule has 1 saturated heterocycles. The number of amides is 1. The molecule has 0 radical (unpaired) electrons. The molecule has 2 rings (SSSR count). The van der Waals surface area contributed by atoms with E-state index in [9.17, 15) is 18.0 Å². The summed E-state index contributed by atoms with van der Waals surface area (Å²) in [5, 5.41) is 2.82. The lowest BCUT2D eigenvalue weighted by Crippen LogP contribution is -2.33. The van der Waals surface area contributed by atoms with Gasteiger partial charge in [0.1, 0.15) is 5.75 Å². The summed E-state index contributed by atoms with van der Waals surface area (Å²) in [6.07, 6.45) is -4.01. The molecule has 1 aliphatic heterocycles.